The van der Waals surface area contributed by atoms with E-state index in [1.807, 2.05) is 42.5 Å². The van der Waals surface area contributed by atoms with Gasteiger partial charge in [-0.1, -0.05) is 36.4 Å². The Labute approximate surface area is 162 Å². The summed E-state index contributed by atoms with van der Waals surface area (Å²) < 4.78 is 0. The molecule has 28 heavy (non-hydrogen) atoms. The molecule has 2 N–H and O–H groups in total. The molecule has 1 fully saturated rings. The molecule has 1 aliphatic heterocycles. The predicted molar refractivity (Wildman–Crippen MR) is 103 cm³/mol. The van der Waals surface area contributed by atoms with E-state index in [1.165, 1.54) is 5.56 Å². The van der Waals surface area contributed by atoms with Crippen LogP contribution in [0.15, 0.2) is 54.7 Å². The molecule has 8 heteroatoms. The molecule has 0 radical (unpaired) electrons. The molecule has 0 saturated carbocycles. The number of carbonyl (C=O) groups excluding carboxylic acids is 2. The lowest BCUT2D eigenvalue weighted by molar-refractivity contribution is -0.128. The fourth-order valence-corrected chi connectivity index (χ4v) is 3.22. The number of hydrogen-bond donors (Lipinski definition) is 2. The molecular formula is C20H20N6O2. The van der Waals surface area contributed by atoms with Crippen molar-refractivity contribution in [1.82, 2.24) is 25.1 Å². The third-order valence-electron chi connectivity index (χ3n) is 4.73. The smallest absolute Gasteiger partial charge is 0.249 e. The number of aromatic nitrogens is 4. The predicted octanol–water partition coefficient (Wildman–Crippen LogP) is 1.90. The van der Waals surface area contributed by atoms with Gasteiger partial charge in [-0.3, -0.25) is 25.0 Å². The molecule has 4 rings (SSSR count). The Morgan fingerprint density at radius 2 is 2.00 bits per heavy atom. The van der Waals surface area contributed by atoms with E-state index >= 15 is 0 Å². The minimum absolute atomic E-state index is 0.000225. The molecule has 0 aliphatic carbocycles. The Bertz CT molecular complexity index is 957. The topological polar surface area (TPSA) is 104 Å². The zero-order chi connectivity index (χ0) is 19.3. The molecule has 2 aromatic heterocycles. The molecule has 3 heterocycles. The molecule has 142 valence electrons. The molecule has 2 amide bonds. The summed E-state index contributed by atoms with van der Waals surface area (Å²) in [6, 6.07) is 15.4. The first-order valence-electron chi connectivity index (χ1n) is 9.15. The van der Waals surface area contributed by atoms with Crippen LogP contribution in [0.25, 0.3) is 11.5 Å². The fraction of sp³-hybridized carbons (Fsp3) is 0.250. The number of H-pyrrole nitrogens is 1. The van der Waals surface area contributed by atoms with Crippen LogP contribution in [-0.2, 0) is 16.0 Å². The zero-order valence-corrected chi connectivity index (χ0v) is 15.2. The maximum atomic E-state index is 12.5. The molecule has 1 aromatic carbocycles. The van der Waals surface area contributed by atoms with Gasteiger partial charge in [0, 0.05) is 25.7 Å². The molecule has 8 nitrogen and oxygen atoms in total. The maximum Gasteiger partial charge on any atom is 0.249 e. The second-order valence-corrected chi connectivity index (χ2v) is 6.69. The summed E-state index contributed by atoms with van der Waals surface area (Å²) in [6.07, 6.45) is 2.64. The van der Waals surface area contributed by atoms with Crippen molar-refractivity contribution in [3.05, 3.63) is 60.3 Å². The van der Waals surface area contributed by atoms with Crippen molar-refractivity contribution >= 4 is 17.8 Å². The van der Waals surface area contributed by atoms with Crippen LogP contribution in [0.4, 0.5) is 5.95 Å². The molecular weight excluding hydrogens is 356 g/mol. The van der Waals surface area contributed by atoms with Gasteiger partial charge < -0.3 is 4.90 Å². The summed E-state index contributed by atoms with van der Waals surface area (Å²) in [6.45, 7) is 1.02. The summed E-state index contributed by atoms with van der Waals surface area (Å²) in [7, 11) is 0. The van der Waals surface area contributed by atoms with E-state index in [1.54, 1.807) is 17.2 Å². The molecule has 3 aromatic rings. The molecule has 1 saturated heterocycles. The van der Waals surface area contributed by atoms with E-state index in [9.17, 15) is 9.59 Å². The minimum atomic E-state index is -0.403. The number of likely N-dealkylation sites (tertiary alicyclic amines) is 1. The standard InChI is InChI=1S/C20H20N6O2/c27-17-12-15(13-26(17)11-9-14-6-2-1-3-7-14)19(28)23-20-22-18(24-25-20)16-8-4-5-10-21-16/h1-8,10,15H,9,11-13H2,(H2,22,23,24,25,28)/t15-/m1/s1. The first-order valence-corrected chi connectivity index (χ1v) is 9.15. The lowest BCUT2D eigenvalue weighted by atomic mass is 10.1. The highest BCUT2D eigenvalue weighted by molar-refractivity contribution is 5.96. The van der Waals surface area contributed by atoms with Crippen molar-refractivity contribution in [2.24, 2.45) is 5.92 Å². The first kappa shape index (κ1) is 17.8. The van der Waals surface area contributed by atoms with E-state index in [4.69, 9.17) is 0 Å². The lowest BCUT2D eigenvalue weighted by Gasteiger charge is -2.16. The number of nitrogens with one attached hydrogen (secondary N) is 2. The zero-order valence-electron chi connectivity index (χ0n) is 15.2. The van der Waals surface area contributed by atoms with Gasteiger partial charge in [0.05, 0.1) is 5.92 Å². The lowest BCUT2D eigenvalue weighted by Crippen LogP contribution is -2.30. The second kappa shape index (κ2) is 7.99. The number of amides is 2. The molecule has 1 aliphatic rings. The normalized spacial score (nSPS) is 16.4. The maximum absolute atomic E-state index is 12.5. The van der Waals surface area contributed by atoms with Crippen molar-refractivity contribution in [2.45, 2.75) is 12.8 Å². The van der Waals surface area contributed by atoms with Crippen molar-refractivity contribution in [2.75, 3.05) is 18.4 Å². The van der Waals surface area contributed by atoms with E-state index < -0.39 is 5.92 Å². The van der Waals surface area contributed by atoms with Crippen molar-refractivity contribution in [3.8, 4) is 11.5 Å². The quantitative estimate of drug-likeness (QED) is 0.684. The van der Waals surface area contributed by atoms with Crippen LogP contribution >= 0.6 is 0 Å². The van der Waals surface area contributed by atoms with Crippen LogP contribution < -0.4 is 5.32 Å². The van der Waals surface area contributed by atoms with Crippen molar-refractivity contribution < 1.29 is 9.59 Å². The largest absolute Gasteiger partial charge is 0.342 e. The number of carbonyl (C=O) groups is 2. The van der Waals surface area contributed by atoms with Gasteiger partial charge >= 0.3 is 0 Å². The molecule has 0 unspecified atom stereocenters. The van der Waals surface area contributed by atoms with Gasteiger partial charge in [-0.15, -0.1) is 5.10 Å². The van der Waals surface area contributed by atoms with Crippen LogP contribution in [0.2, 0.25) is 0 Å². The van der Waals surface area contributed by atoms with Crippen molar-refractivity contribution in [1.29, 1.82) is 0 Å². The summed E-state index contributed by atoms with van der Waals surface area (Å²) in [5.41, 5.74) is 1.81. The van der Waals surface area contributed by atoms with Crippen LogP contribution in [-0.4, -0.2) is 50.0 Å². The second-order valence-electron chi connectivity index (χ2n) is 6.69. The van der Waals surface area contributed by atoms with E-state index in [-0.39, 0.29) is 24.2 Å². The Balaban J connectivity index is 1.33. The summed E-state index contributed by atoms with van der Waals surface area (Å²) in [5.74, 6) is 0.00571. The van der Waals surface area contributed by atoms with Gasteiger partial charge in [0.25, 0.3) is 0 Å². The Morgan fingerprint density at radius 3 is 2.79 bits per heavy atom. The average molecular weight is 376 g/mol. The van der Waals surface area contributed by atoms with Gasteiger partial charge in [0.15, 0.2) is 5.82 Å². The number of rotatable bonds is 6. The first-order chi connectivity index (χ1) is 13.7. The number of hydrogen-bond acceptors (Lipinski definition) is 5. The van der Waals surface area contributed by atoms with Gasteiger partial charge in [-0.2, -0.15) is 4.98 Å². The van der Waals surface area contributed by atoms with E-state index in [2.05, 4.69) is 25.5 Å². The van der Waals surface area contributed by atoms with Crippen LogP contribution in [0.3, 0.4) is 0 Å². The summed E-state index contributed by atoms with van der Waals surface area (Å²) >= 11 is 0. The van der Waals surface area contributed by atoms with Gasteiger partial charge in [-0.05, 0) is 24.1 Å². The third kappa shape index (κ3) is 4.06. The average Bonchev–Trinajstić information content (AvgIpc) is 3.34. The van der Waals surface area contributed by atoms with Gasteiger partial charge in [-0.25, -0.2) is 0 Å². The van der Waals surface area contributed by atoms with Gasteiger partial charge in [0.1, 0.15) is 5.69 Å². The number of nitrogens with zero attached hydrogens (tertiary/aromatic N) is 4. The Morgan fingerprint density at radius 1 is 1.18 bits per heavy atom. The fourth-order valence-electron chi connectivity index (χ4n) is 3.22. The third-order valence-corrected chi connectivity index (χ3v) is 4.73. The highest BCUT2D eigenvalue weighted by atomic mass is 16.2. The van der Waals surface area contributed by atoms with Crippen LogP contribution in [0, 0.1) is 5.92 Å². The highest BCUT2D eigenvalue weighted by Gasteiger charge is 2.34. The number of aromatic amines is 1. The van der Waals surface area contributed by atoms with Crippen LogP contribution in [0.1, 0.15) is 12.0 Å². The Hall–Kier alpha value is -3.55. The minimum Gasteiger partial charge on any atom is -0.342 e. The van der Waals surface area contributed by atoms with Gasteiger partial charge in [0.2, 0.25) is 17.8 Å². The number of pyridine rings is 1. The van der Waals surface area contributed by atoms with E-state index in [0.29, 0.717) is 24.6 Å². The molecule has 1 atom stereocenters. The van der Waals surface area contributed by atoms with Crippen molar-refractivity contribution in [3.63, 3.8) is 0 Å². The number of anilines is 1. The highest BCUT2D eigenvalue weighted by Crippen LogP contribution is 2.20. The summed E-state index contributed by atoms with van der Waals surface area (Å²) in [5, 5.41) is 9.46. The van der Waals surface area contributed by atoms with E-state index in [0.717, 1.165) is 6.42 Å². The van der Waals surface area contributed by atoms with Crippen LogP contribution in [0.5, 0.6) is 0 Å². The SMILES string of the molecule is O=C(Nc1n[nH]c(-c2ccccn2)n1)[C@@H]1CC(=O)N(CCc2ccccc2)C1. The monoisotopic (exact) mass is 376 g/mol. The molecule has 0 bridgehead atoms. The Kier molecular flexibility index (Phi) is 5.09. The summed E-state index contributed by atoms with van der Waals surface area (Å²) in [4.78, 5) is 35.0. The number of benzene rings is 1. The molecule has 0 spiro atoms.